The van der Waals surface area contributed by atoms with Gasteiger partial charge >= 0.3 is 0 Å². The van der Waals surface area contributed by atoms with Crippen LogP contribution in [0, 0.1) is 43.4 Å². The number of fused-ring (bicyclic) bond motifs is 1. The highest BCUT2D eigenvalue weighted by Crippen LogP contribution is 2.55. The Morgan fingerprint density at radius 3 is 2.61 bits per heavy atom. The van der Waals surface area contributed by atoms with Gasteiger partial charge in [0, 0.05) is 18.3 Å². The molecule has 2 N–H and O–H groups in total. The number of aryl methyl sites for hydroxylation is 2. The molecule has 3 aliphatic heterocycles. The number of anilines is 1. The number of rotatable bonds is 7. The molecule has 206 valence electrons. The molecule has 3 fully saturated rings. The van der Waals surface area contributed by atoms with Crippen LogP contribution in [-0.4, -0.2) is 53.0 Å². The van der Waals surface area contributed by atoms with Gasteiger partial charge in [-0.2, -0.15) is 0 Å². The summed E-state index contributed by atoms with van der Waals surface area (Å²) in [5.74, 6) is -0.646. The van der Waals surface area contributed by atoms with Crippen LogP contribution in [0.3, 0.4) is 0 Å². The normalized spacial score (nSPS) is 35.6. The first kappa shape index (κ1) is 26.9. The molecule has 3 amide bonds. The molecule has 1 aromatic rings. The Bertz CT molecular complexity index is 1150. The Morgan fingerprint density at radius 2 is 1.89 bits per heavy atom. The number of hydrogen-bond donors (Lipinski definition) is 2. The molecule has 4 aliphatic rings. The fourth-order valence-corrected chi connectivity index (χ4v) is 7.00. The second-order valence-corrected chi connectivity index (χ2v) is 12.6. The zero-order valence-corrected chi connectivity index (χ0v) is 23.6. The van der Waals surface area contributed by atoms with Crippen molar-refractivity contribution in [3.05, 3.63) is 41.5 Å². The van der Waals surface area contributed by atoms with E-state index in [1.54, 1.807) is 4.90 Å². The van der Waals surface area contributed by atoms with Crippen LogP contribution in [0.4, 0.5) is 5.69 Å². The zero-order valence-electron chi connectivity index (χ0n) is 23.6. The van der Waals surface area contributed by atoms with Crippen molar-refractivity contribution in [3.8, 4) is 0 Å². The summed E-state index contributed by atoms with van der Waals surface area (Å²) in [6.07, 6.45) is 7.24. The third-order valence-corrected chi connectivity index (χ3v) is 9.68. The summed E-state index contributed by atoms with van der Waals surface area (Å²) in [6, 6.07) is 5.11. The molecule has 1 spiro atoms. The second-order valence-electron chi connectivity index (χ2n) is 12.6. The maximum Gasteiger partial charge on any atom is 0.246 e. The Labute approximate surface area is 226 Å². The van der Waals surface area contributed by atoms with Gasteiger partial charge in [-0.1, -0.05) is 58.8 Å². The third kappa shape index (κ3) is 4.47. The molecule has 8 atom stereocenters. The molecule has 1 saturated carbocycles. The number of amides is 3. The van der Waals surface area contributed by atoms with Crippen molar-refractivity contribution in [1.82, 2.24) is 10.2 Å². The summed E-state index contributed by atoms with van der Waals surface area (Å²) in [5.41, 5.74) is 1.83. The van der Waals surface area contributed by atoms with Crippen LogP contribution in [0.2, 0.25) is 0 Å². The molecule has 7 heteroatoms. The molecule has 0 radical (unpaired) electrons. The van der Waals surface area contributed by atoms with Crippen LogP contribution < -0.4 is 10.6 Å². The summed E-state index contributed by atoms with van der Waals surface area (Å²) >= 11 is 0. The van der Waals surface area contributed by atoms with E-state index < -0.39 is 29.6 Å². The monoisotopic (exact) mass is 521 g/mol. The van der Waals surface area contributed by atoms with E-state index in [1.165, 1.54) is 6.42 Å². The first-order valence-corrected chi connectivity index (χ1v) is 14.4. The van der Waals surface area contributed by atoms with E-state index in [9.17, 15) is 14.4 Å². The first-order chi connectivity index (χ1) is 18.0. The lowest BCUT2D eigenvalue weighted by Gasteiger charge is -2.38. The molecule has 2 bridgehead atoms. The van der Waals surface area contributed by atoms with Crippen molar-refractivity contribution < 1.29 is 19.1 Å². The molecule has 3 heterocycles. The topological polar surface area (TPSA) is 87.7 Å². The number of hydrogen-bond acceptors (Lipinski definition) is 4. The molecule has 5 rings (SSSR count). The van der Waals surface area contributed by atoms with E-state index in [4.69, 9.17) is 4.74 Å². The second kappa shape index (κ2) is 10.1. The van der Waals surface area contributed by atoms with Gasteiger partial charge in [0.1, 0.15) is 11.6 Å². The van der Waals surface area contributed by atoms with E-state index in [0.717, 1.165) is 30.4 Å². The Balaban J connectivity index is 1.43. The number of nitrogens with zero attached hydrogens (tertiary/aromatic N) is 1. The zero-order chi connectivity index (χ0) is 27.4. The van der Waals surface area contributed by atoms with Gasteiger partial charge in [-0.25, -0.2) is 0 Å². The van der Waals surface area contributed by atoms with Crippen LogP contribution >= 0.6 is 0 Å². The van der Waals surface area contributed by atoms with Crippen LogP contribution in [-0.2, 0) is 19.1 Å². The molecular formula is C31H43N3O4. The van der Waals surface area contributed by atoms with Gasteiger partial charge in [-0.05, 0) is 67.7 Å². The van der Waals surface area contributed by atoms with Gasteiger partial charge in [0.25, 0.3) is 0 Å². The minimum absolute atomic E-state index is 0.0789. The number of carbonyl (C=O) groups is 3. The van der Waals surface area contributed by atoms with Crippen LogP contribution in [0.1, 0.15) is 64.5 Å². The maximum absolute atomic E-state index is 14.0. The minimum Gasteiger partial charge on any atom is -0.359 e. The summed E-state index contributed by atoms with van der Waals surface area (Å²) < 4.78 is 6.48. The number of ether oxygens (including phenoxy) is 1. The Hall–Kier alpha value is -2.67. The lowest BCUT2D eigenvalue weighted by atomic mass is 9.73. The van der Waals surface area contributed by atoms with Crippen LogP contribution in [0.25, 0.3) is 0 Å². The molecule has 0 aromatic heterocycles. The van der Waals surface area contributed by atoms with Gasteiger partial charge in [0.15, 0.2) is 0 Å². The first-order valence-electron chi connectivity index (χ1n) is 14.4. The molecular weight excluding hydrogens is 478 g/mol. The number of benzene rings is 1. The van der Waals surface area contributed by atoms with E-state index >= 15 is 0 Å². The highest BCUT2D eigenvalue weighted by atomic mass is 16.5. The Morgan fingerprint density at radius 1 is 1.13 bits per heavy atom. The lowest BCUT2D eigenvalue weighted by Crippen LogP contribution is -2.58. The van der Waals surface area contributed by atoms with Crippen molar-refractivity contribution in [1.29, 1.82) is 0 Å². The van der Waals surface area contributed by atoms with Gasteiger partial charge in [0.05, 0.1) is 17.9 Å². The third-order valence-electron chi connectivity index (χ3n) is 9.68. The highest BCUT2D eigenvalue weighted by molar-refractivity contribution is 6.02. The van der Waals surface area contributed by atoms with Crippen LogP contribution in [0.15, 0.2) is 30.4 Å². The fourth-order valence-electron chi connectivity index (χ4n) is 7.00. The highest BCUT2D eigenvalue weighted by Gasteiger charge is 2.72. The standard InChI is InChI=1S/C31H43N3O4/c1-17(2)13-15-34-27(29(36)33-23-9-7-8-19(4)21(23)6)31-14-12-24(38-31)25(26(31)30(34)37)28(35)32-22-11-10-18(3)20(5)16-22/h10-12,14,16-17,19,21,23-27H,7-9,13,15H2,1-6H3,(H,32,35)(H,33,36)/t19-,21+,23+,24+,25-,26+,27+,31+/m0/s1. The van der Waals surface area contributed by atoms with E-state index in [-0.39, 0.29) is 23.8 Å². The predicted octanol–water partition coefficient (Wildman–Crippen LogP) is 4.38. The largest absolute Gasteiger partial charge is 0.359 e. The van der Waals surface area contributed by atoms with Gasteiger partial charge in [-0.15, -0.1) is 0 Å². The smallest absolute Gasteiger partial charge is 0.246 e. The van der Waals surface area contributed by atoms with Gasteiger partial charge in [0.2, 0.25) is 17.7 Å². The molecule has 1 aromatic carbocycles. The van der Waals surface area contributed by atoms with Crippen LogP contribution in [0.5, 0.6) is 0 Å². The van der Waals surface area contributed by atoms with Crippen molar-refractivity contribution >= 4 is 23.4 Å². The SMILES string of the molecule is Cc1ccc(NC(=O)[C@H]2[C@H]3C=C[C@@]4(O3)[C@H]2C(=O)N(CCC(C)C)[C@@H]4C(=O)N[C@@H]2CCC[C@H](C)[C@H]2C)cc1C. The molecule has 1 aliphatic carbocycles. The summed E-state index contributed by atoms with van der Waals surface area (Å²) in [4.78, 5) is 43.4. The van der Waals surface area contributed by atoms with E-state index in [0.29, 0.717) is 30.0 Å². The quantitative estimate of drug-likeness (QED) is 0.522. The van der Waals surface area contributed by atoms with Crippen molar-refractivity contribution in [2.45, 2.75) is 91.0 Å². The lowest BCUT2D eigenvalue weighted by molar-refractivity contribution is -0.141. The average Bonchev–Trinajstić information content (AvgIpc) is 3.50. The maximum atomic E-state index is 14.0. The number of nitrogens with one attached hydrogen (secondary N) is 2. The minimum atomic E-state index is -1.11. The van der Waals surface area contributed by atoms with Gasteiger partial charge < -0.3 is 20.3 Å². The van der Waals surface area contributed by atoms with Crippen molar-refractivity contribution in [2.75, 3.05) is 11.9 Å². The summed E-state index contributed by atoms with van der Waals surface area (Å²) in [5, 5.41) is 6.35. The number of carbonyl (C=O) groups excluding carboxylic acids is 3. The molecule has 38 heavy (non-hydrogen) atoms. The molecule has 0 unspecified atom stereocenters. The fraction of sp³-hybridized carbons (Fsp3) is 0.645. The van der Waals surface area contributed by atoms with Crippen molar-refractivity contribution in [2.24, 2.45) is 29.6 Å². The number of likely N-dealkylation sites (tertiary alicyclic amines) is 1. The van der Waals surface area contributed by atoms with E-state index in [1.807, 2.05) is 44.2 Å². The van der Waals surface area contributed by atoms with E-state index in [2.05, 4.69) is 38.3 Å². The average molecular weight is 522 g/mol. The predicted molar refractivity (Wildman–Crippen MR) is 147 cm³/mol. The molecule has 2 saturated heterocycles. The summed E-state index contributed by atoms with van der Waals surface area (Å²) in [6.45, 7) is 13.2. The molecule has 7 nitrogen and oxygen atoms in total. The Kier molecular flexibility index (Phi) is 7.18. The van der Waals surface area contributed by atoms with Crippen molar-refractivity contribution in [3.63, 3.8) is 0 Å². The van der Waals surface area contributed by atoms with Gasteiger partial charge in [-0.3, -0.25) is 14.4 Å². The summed E-state index contributed by atoms with van der Waals surface area (Å²) in [7, 11) is 0.